The summed E-state index contributed by atoms with van der Waals surface area (Å²) in [6.07, 6.45) is -4.65. The number of aromatic nitrogens is 3. The molecule has 5 rings (SSSR count). The van der Waals surface area contributed by atoms with Crippen LogP contribution < -0.4 is 5.43 Å². The second-order valence-electron chi connectivity index (χ2n) is 8.05. The van der Waals surface area contributed by atoms with E-state index in [-0.39, 0.29) is 16.5 Å². The van der Waals surface area contributed by atoms with Crippen LogP contribution in [0.4, 0.5) is 13.2 Å². The summed E-state index contributed by atoms with van der Waals surface area (Å²) in [4.78, 5) is 16.9. The number of benzene rings is 3. The fourth-order valence-corrected chi connectivity index (χ4v) is 4.53. The van der Waals surface area contributed by atoms with Crippen LogP contribution in [-0.4, -0.2) is 26.4 Å². The van der Waals surface area contributed by atoms with Crippen LogP contribution in [0.25, 0.3) is 27.2 Å². The fourth-order valence-electron chi connectivity index (χ4n) is 3.63. The van der Waals surface area contributed by atoms with E-state index in [9.17, 15) is 18.0 Å². The normalized spacial score (nSPS) is 12.2. The minimum absolute atomic E-state index is 0.00109. The predicted molar refractivity (Wildman–Crippen MR) is 138 cm³/mol. The van der Waals surface area contributed by atoms with Crippen LogP contribution in [0.1, 0.15) is 28.7 Å². The first kappa shape index (κ1) is 24.7. The SMILES string of the molecule is CC(=NNC(=O)c1csc(-n2nc(C(F)(F)F)cc2-c2ccc3ccccc3c2)n1)c1ccc(Cl)cc1. The Hall–Kier alpha value is -4.02. The number of hydrogen-bond acceptors (Lipinski definition) is 5. The van der Waals surface area contributed by atoms with Gasteiger partial charge in [-0.3, -0.25) is 4.79 Å². The molecule has 2 heterocycles. The third-order valence-corrected chi connectivity index (χ3v) is 6.61. The molecule has 3 aromatic carbocycles. The van der Waals surface area contributed by atoms with Gasteiger partial charge in [0.25, 0.3) is 5.91 Å². The first-order chi connectivity index (χ1) is 17.7. The van der Waals surface area contributed by atoms with Crippen molar-refractivity contribution in [1.29, 1.82) is 0 Å². The molecule has 6 nitrogen and oxygen atoms in total. The summed E-state index contributed by atoms with van der Waals surface area (Å²) in [6, 6.07) is 20.8. The molecule has 0 aliphatic rings. The molecule has 1 amide bonds. The predicted octanol–water partition coefficient (Wildman–Crippen LogP) is 6.98. The van der Waals surface area contributed by atoms with E-state index < -0.39 is 17.8 Å². The summed E-state index contributed by atoms with van der Waals surface area (Å²) in [6.45, 7) is 1.72. The van der Waals surface area contributed by atoms with E-state index in [4.69, 9.17) is 11.6 Å². The number of alkyl halides is 3. The molecule has 0 atom stereocenters. The van der Waals surface area contributed by atoms with Gasteiger partial charge < -0.3 is 0 Å². The number of nitrogens with zero attached hydrogens (tertiary/aromatic N) is 4. The number of carbonyl (C=O) groups excluding carboxylic acids is 1. The van der Waals surface area contributed by atoms with E-state index in [0.717, 1.165) is 38.4 Å². The molecule has 11 heteroatoms. The Morgan fingerprint density at radius 2 is 1.76 bits per heavy atom. The average Bonchev–Trinajstić information content (AvgIpc) is 3.55. The van der Waals surface area contributed by atoms with Gasteiger partial charge in [0.1, 0.15) is 5.69 Å². The quantitative estimate of drug-likeness (QED) is 0.193. The van der Waals surface area contributed by atoms with Crippen LogP contribution in [-0.2, 0) is 6.18 Å². The van der Waals surface area contributed by atoms with Crippen molar-refractivity contribution in [1.82, 2.24) is 20.2 Å². The van der Waals surface area contributed by atoms with Gasteiger partial charge in [-0.25, -0.2) is 15.1 Å². The maximum absolute atomic E-state index is 13.6. The molecule has 0 aliphatic carbocycles. The third-order valence-electron chi connectivity index (χ3n) is 5.54. The summed E-state index contributed by atoms with van der Waals surface area (Å²) < 4.78 is 41.8. The number of carbonyl (C=O) groups is 1. The van der Waals surface area contributed by atoms with Gasteiger partial charge >= 0.3 is 6.18 Å². The summed E-state index contributed by atoms with van der Waals surface area (Å²) in [5, 5.41) is 11.8. The van der Waals surface area contributed by atoms with E-state index >= 15 is 0 Å². The first-order valence-corrected chi connectivity index (χ1v) is 12.2. The number of fused-ring (bicyclic) bond motifs is 1. The molecule has 0 saturated carbocycles. The van der Waals surface area contributed by atoms with E-state index in [1.54, 1.807) is 43.3 Å². The van der Waals surface area contributed by atoms with Crippen molar-refractivity contribution >= 4 is 45.3 Å². The van der Waals surface area contributed by atoms with Crippen molar-refractivity contribution in [3.63, 3.8) is 0 Å². The van der Waals surface area contributed by atoms with Gasteiger partial charge in [0.05, 0.1) is 11.4 Å². The zero-order valence-corrected chi connectivity index (χ0v) is 20.7. The Morgan fingerprint density at radius 1 is 1.03 bits per heavy atom. The maximum atomic E-state index is 13.6. The minimum Gasteiger partial charge on any atom is -0.266 e. The largest absolute Gasteiger partial charge is 0.435 e. The zero-order chi connectivity index (χ0) is 26.2. The molecular formula is C26H17ClF3N5OS. The van der Waals surface area contributed by atoms with Crippen LogP contribution in [0.15, 0.2) is 83.3 Å². The highest BCUT2D eigenvalue weighted by Crippen LogP contribution is 2.34. The molecule has 37 heavy (non-hydrogen) atoms. The van der Waals surface area contributed by atoms with Crippen molar-refractivity contribution in [2.45, 2.75) is 13.1 Å². The number of rotatable bonds is 5. The molecule has 0 radical (unpaired) electrons. The highest BCUT2D eigenvalue weighted by atomic mass is 35.5. The molecule has 0 fully saturated rings. The van der Waals surface area contributed by atoms with Crippen molar-refractivity contribution < 1.29 is 18.0 Å². The zero-order valence-electron chi connectivity index (χ0n) is 19.1. The monoisotopic (exact) mass is 539 g/mol. The molecule has 2 aromatic heterocycles. The Labute approximate surface area is 218 Å². The lowest BCUT2D eigenvalue weighted by atomic mass is 10.0. The Kier molecular flexibility index (Phi) is 6.53. The number of halogens is 4. The highest BCUT2D eigenvalue weighted by Gasteiger charge is 2.35. The van der Waals surface area contributed by atoms with Crippen LogP contribution in [0.2, 0.25) is 5.02 Å². The Morgan fingerprint density at radius 3 is 2.49 bits per heavy atom. The minimum atomic E-state index is -4.65. The van der Waals surface area contributed by atoms with Crippen LogP contribution in [0.5, 0.6) is 0 Å². The van der Waals surface area contributed by atoms with Crippen LogP contribution >= 0.6 is 22.9 Å². The smallest absolute Gasteiger partial charge is 0.266 e. The second-order valence-corrected chi connectivity index (χ2v) is 9.32. The molecule has 186 valence electrons. The average molecular weight is 540 g/mol. The number of thiazole rings is 1. The molecule has 0 saturated heterocycles. The molecule has 5 aromatic rings. The summed E-state index contributed by atoms with van der Waals surface area (Å²) >= 11 is 6.89. The van der Waals surface area contributed by atoms with Crippen LogP contribution in [0, 0.1) is 0 Å². The fraction of sp³-hybridized carbons (Fsp3) is 0.0769. The number of hydrazone groups is 1. The van der Waals surface area contributed by atoms with Gasteiger partial charge in [-0.2, -0.15) is 23.4 Å². The number of hydrogen-bond donors (Lipinski definition) is 1. The summed E-state index contributed by atoms with van der Waals surface area (Å²) in [5.74, 6) is -0.605. The van der Waals surface area contributed by atoms with Crippen molar-refractivity contribution in [2.75, 3.05) is 0 Å². The van der Waals surface area contributed by atoms with E-state index in [0.29, 0.717) is 16.3 Å². The topological polar surface area (TPSA) is 72.2 Å². The lowest BCUT2D eigenvalue weighted by molar-refractivity contribution is -0.141. The number of amides is 1. The standard InChI is InChI=1S/C26H17ClF3N5OS/c1-15(16-8-10-20(27)11-9-16)32-33-24(36)21-14-37-25(31-21)35-22(13-23(34-35)26(28,29)30)19-7-6-17-4-2-3-5-18(17)12-19/h2-14H,1H3,(H,33,36). The second kappa shape index (κ2) is 9.79. The molecular weight excluding hydrogens is 523 g/mol. The Balaban J connectivity index is 1.46. The van der Waals surface area contributed by atoms with E-state index in [2.05, 4.69) is 20.6 Å². The highest BCUT2D eigenvalue weighted by molar-refractivity contribution is 7.12. The maximum Gasteiger partial charge on any atom is 0.435 e. The lowest BCUT2D eigenvalue weighted by Crippen LogP contribution is -2.20. The van der Waals surface area contributed by atoms with Gasteiger partial charge in [0, 0.05) is 16.0 Å². The van der Waals surface area contributed by atoms with Crippen LogP contribution in [0.3, 0.4) is 0 Å². The van der Waals surface area contributed by atoms with Gasteiger partial charge in [-0.05, 0) is 47.5 Å². The van der Waals surface area contributed by atoms with Crippen molar-refractivity contribution in [3.8, 4) is 16.4 Å². The summed E-state index contributed by atoms with van der Waals surface area (Å²) in [7, 11) is 0. The van der Waals surface area contributed by atoms with Crippen molar-refractivity contribution in [3.05, 3.63) is 100 Å². The first-order valence-electron chi connectivity index (χ1n) is 10.9. The van der Waals surface area contributed by atoms with Gasteiger partial charge in [-0.1, -0.05) is 60.1 Å². The van der Waals surface area contributed by atoms with Crippen molar-refractivity contribution in [2.24, 2.45) is 5.10 Å². The van der Waals surface area contributed by atoms with Gasteiger partial charge in [0.15, 0.2) is 5.69 Å². The molecule has 0 spiro atoms. The third kappa shape index (κ3) is 5.25. The van der Waals surface area contributed by atoms with Gasteiger partial charge in [-0.15, -0.1) is 11.3 Å². The van der Waals surface area contributed by atoms with Gasteiger partial charge in [0.2, 0.25) is 5.13 Å². The molecule has 0 unspecified atom stereocenters. The lowest BCUT2D eigenvalue weighted by Gasteiger charge is -2.06. The van der Waals surface area contributed by atoms with E-state index in [1.807, 2.05) is 30.3 Å². The molecule has 0 aliphatic heterocycles. The summed E-state index contributed by atoms with van der Waals surface area (Å²) in [5.41, 5.74) is 3.41. The Bertz CT molecular complexity index is 1640. The molecule has 0 bridgehead atoms. The molecule has 1 N–H and O–H groups in total. The number of nitrogens with one attached hydrogen (secondary N) is 1. The van der Waals surface area contributed by atoms with E-state index in [1.165, 1.54) is 5.38 Å².